The van der Waals surface area contributed by atoms with Crippen LogP contribution in [0.5, 0.6) is 0 Å². The summed E-state index contributed by atoms with van der Waals surface area (Å²) in [5.74, 6) is -0.202. The molecule has 43 heavy (non-hydrogen) atoms. The van der Waals surface area contributed by atoms with Gasteiger partial charge in [-0.15, -0.1) is 0 Å². The van der Waals surface area contributed by atoms with E-state index in [0.29, 0.717) is 36.1 Å². The summed E-state index contributed by atoms with van der Waals surface area (Å²) in [6, 6.07) is 8.59. The van der Waals surface area contributed by atoms with Gasteiger partial charge in [-0.2, -0.15) is 0 Å². The average Bonchev–Trinajstić information content (AvgIpc) is 2.96. The molecule has 13 heteroatoms. The van der Waals surface area contributed by atoms with Gasteiger partial charge in [-0.05, 0) is 103 Å². The summed E-state index contributed by atoms with van der Waals surface area (Å²) in [7, 11) is -4.41. The number of hydrogen-bond donors (Lipinski definition) is 3. The lowest BCUT2D eigenvalue weighted by Gasteiger charge is -2.51. The lowest BCUT2D eigenvalue weighted by Crippen LogP contribution is -2.53. The van der Waals surface area contributed by atoms with Crippen LogP contribution < -0.4 is 14.9 Å². The smallest absolute Gasteiger partial charge is 0.293 e. The first-order valence-electron chi connectivity index (χ1n) is 14.6. The van der Waals surface area contributed by atoms with E-state index in [1.807, 2.05) is 11.6 Å². The van der Waals surface area contributed by atoms with Gasteiger partial charge in [-0.3, -0.25) is 19.7 Å². The number of sulfonamides is 1. The number of nitrogens with zero attached hydrogens (tertiary/aromatic N) is 2. The molecule has 3 N–H and O–H groups in total. The van der Waals surface area contributed by atoms with Crippen molar-refractivity contribution in [1.82, 2.24) is 4.72 Å². The fourth-order valence-corrected chi connectivity index (χ4v) is 8.07. The molecule has 1 spiro atoms. The summed E-state index contributed by atoms with van der Waals surface area (Å²) in [6.45, 7) is 5.85. The molecule has 5 rings (SSSR count). The van der Waals surface area contributed by atoms with Crippen LogP contribution in [0.1, 0.15) is 69.2 Å². The number of nitrogens with one attached hydrogen (secondary N) is 2. The third-order valence-electron chi connectivity index (χ3n) is 9.72. The third kappa shape index (κ3) is 6.58. The largest absolute Gasteiger partial charge is 0.390 e. The maximum Gasteiger partial charge on any atom is 0.293 e. The Balaban J connectivity index is 1.23. The number of anilines is 2. The monoisotopic (exact) mass is 676 g/mol. The molecular formula is C30H37BrN4O7S. The van der Waals surface area contributed by atoms with Crippen molar-refractivity contribution in [2.75, 3.05) is 29.9 Å². The van der Waals surface area contributed by atoms with Gasteiger partial charge in [0.2, 0.25) is 0 Å². The van der Waals surface area contributed by atoms with Gasteiger partial charge in [0.05, 0.1) is 21.0 Å². The van der Waals surface area contributed by atoms with Crippen LogP contribution >= 0.6 is 15.9 Å². The van der Waals surface area contributed by atoms with Crippen molar-refractivity contribution < 1.29 is 28.0 Å². The number of nitro groups is 1. The number of rotatable bonds is 8. The zero-order chi connectivity index (χ0) is 31.2. The van der Waals surface area contributed by atoms with Gasteiger partial charge in [0.15, 0.2) is 0 Å². The molecule has 2 saturated carbocycles. The molecule has 0 aromatic heterocycles. The fourth-order valence-electron chi connectivity index (χ4n) is 6.54. The second kappa shape index (κ2) is 11.8. The minimum atomic E-state index is -4.41. The van der Waals surface area contributed by atoms with Crippen molar-refractivity contribution in [1.29, 1.82) is 0 Å². The van der Waals surface area contributed by atoms with Crippen LogP contribution in [-0.4, -0.2) is 55.4 Å². The summed E-state index contributed by atoms with van der Waals surface area (Å²) in [6.07, 6.45) is 5.35. The molecule has 2 aliphatic carbocycles. The first kappa shape index (κ1) is 31.4. The predicted molar refractivity (Wildman–Crippen MR) is 166 cm³/mol. The zero-order valence-corrected chi connectivity index (χ0v) is 26.7. The van der Waals surface area contributed by atoms with Gasteiger partial charge >= 0.3 is 0 Å². The maximum absolute atomic E-state index is 13.1. The van der Waals surface area contributed by atoms with Crippen LogP contribution in [-0.2, 0) is 14.8 Å². The highest BCUT2D eigenvalue weighted by Crippen LogP contribution is 2.51. The molecule has 1 saturated heterocycles. The van der Waals surface area contributed by atoms with Crippen LogP contribution in [0, 0.1) is 27.4 Å². The summed E-state index contributed by atoms with van der Waals surface area (Å²) < 4.78 is 28.6. The molecular weight excluding hydrogens is 640 g/mol. The van der Waals surface area contributed by atoms with E-state index in [0.717, 1.165) is 50.5 Å². The van der Waals surface area contributed by atoms with Crippen molar-refractivity contribution in [3.63, 3.8) is 0 Å². The highest BCUT2D eigenvalue weighted by atomic mass is 79.9. The Labute approximate surface area is 259 Å². The Morgan fingerprint density at radius 1 is 1.14 bits per heavy atom. The quantitative estimate of drug-likeness (QED) is 0.258. The van der Waals surface area contributed by atoms with E-state index in [1.54, 1.807) is 25.1 Å². The first-order chi connectivity index (χ1) is 20.2. The average molecular weight is 678 g/mol. The molecule has 1 atom stereocenters. The number of Topliss-reactive ketones (excluding diaryl/α,β-unsaturated/α-hetero) is 1. The third-order valence-corrected chi connectivity index (χ3v) is 11.7. The lowest BCUT2D eigenvalue weighted by molar-refractivity contribution is -0.384. The number of aliphatic hydroxyl groups is 1. The number of benzene rings is 2. The second-order valence-corrected chi connectivity index (χ2v) is 15.1. The van der Waals surface area contributed by atoms with E-state index in [9.17, 15) is 33.2 Å². The molecule has 1 unspecified atom stereocenters. The van der Waals surface area contributed by atoms with E-state index >= 15 is 0 Å². The molecule has 0 bridgehead atoms. The molecule has 3 aliphatic rings. The van der Waals surface area contributed by atoms with Gasteiger partial charge < -0.3 is 15.3 Å². The predicted octanol–water partition coefficient (Wildman–Crippen LogP) is 5.02. The number of halogens is 1. The van der Waals surface area contributed by atoms with Crippen LogP contribution in [0.4, 0.5) is 17.1 Å². The number of ketones is 1. The van der Waals surface area contributed by atoms with Gasteiger partial charge in [0.1, 0.15) is 11.5 Å². The van der Waals surface area contributed by atoms with Gasteiger partial charge in [-0.25, -0.2) is 13.1 Å². The normalized spacial score (nSPS) is 25.2. The minimum absolute atomic E-state index is 0.0981. The topological polar surface area (TPSA) is 159 Å². The van der Waals surface area contributed by atoms with Crippen molar-refractivity contribution >= 4 is 54.7 Å². The molecule has 11 nitrogen and oxygen atoms in total. The summed E-state index contributed by atoms with van der Waals surface area (Å²) >= 11 is 3.40. The van der Waals surface area contributed by atoms with Crippen LogP contribution in [0.3, 0.4) is 0 Å². The molecule has 1 amide bonds. The molecule has 2 aromatic carbocycles. The van der Waals surface area contributed by atoms with E-state index in [1.165, 1.54) is 12.1 Å². The zero-order valence-electron chi connectivity index (χ0n) is 24.3. The lowest BCUT2D eigenvalue weighted by atomic mass is 9.55. The van der Waals surface area contributed by atoms with Crippen LogP contribution in [0.15, 0.2) is 45.8 Å². The highest BCUT2D eigenvalue weighted by Gasteiger charge is 2.51. The Kier molecular flexibility index (Phi) is 8.62. The molecule has 232 valence electrons. The van der Waals surface area contributed by atoms with Gasteiger partial charge in [-0.1, -0.05) is 6.92 Å². The number of piperidine rings is 1. The Morgan fingerprint density at radius 3 is 2.40 bits per heavy atom. The molecule has 0 radical (unpaired) electrons. The van der Waals surface area contributed by atoms with Crippen LogP contribution in [0.2, 0.25) is 0 Å². The summed E-state index contributed by atoms with van der Waals surface area (Å²) in [5.41, 5.74) is 0.187. The highest BCUT2D eigenvalue weighted by molar-refractivity contribution is 9.10. The summed E-state index contributed by atoms with van der Waals surface area (Å²) in [4.78, 5) is 37.8. The Bertz CT molecular complexity index is 1540. The van der Waals surface area contributed by atoms with Crippen molar-refractivity contribution in [3.05, 3.63) is 56.5 Å². The Morgan fingerprint density at radius 2 is 1.81 bits per heavy atom. The number of carbonyl (C=O) groups is 2. The SMILES string of the molecule is CC1C(=O)CC12CCN(c1ccc(C(=O)NS(=O)(=O)c3ccc(NCC4CCC(C)(O)CC4)c([N+](=O)[O-])c3)c(Br)c1)CC2. The summed E-state index contributed by atoms with van der Waals surface area (Å²) in [5, 5.41) is 25.0. The standard InChI is InChI=1S/C30H37BrN4O7S/c1-19-27(36)17-30(19)11-13-34(14-12-30)21-3-5-23(24(31)15-21)28(37)33-43(41,42)22-4-6-25(26(16-22)35(39)40)32-18-20-7-9-29(2,38)10-8-20/h3-6,15-16,19-20,32,38H,7-14,17-18H2,1-2H3,(H,33,37). The van der Waals surface area contributed by atoms with Crippen molar-refractivity contribution in [2.45, 2.75) is 69.3 Å². The van der Waals surface area contributed by atoms with Crippen molar-refractivity contribution in [3.8, 4) is 0 Å². The number of hydrogen-bond acceptors (Lipinski definition) is 9. The minimum Gasteiger partial charge on any atom is -0.390 e. The van der Waals surface area contributed by atoms with E-state index in [2.05, 4.69) is 26.1 Å². The fraction of sp³-hybridized carbons (Fsp3) is 0.533. The molecule has 2 aromatic rings. The Hall–Kier alpha value is -3.03. The number of carbonyl (C=O) groups excluding carboxylic acids is 2. The molecule has 1 aliphatic heterocycles. The van der Waals surface area contributed by atoms with Gasteiger partial charge in [0, 0.05) is 48.2 Å². The second-order valence-electron chi connectivity index (χ2n) is 12.6. The number of nitro benzene ring substituents is 1. The van der Waals surface area contributed by atoms with E-state index in [4.69, 9.17) is 0 Å². The molecule has 3 fully saturated rings. The van der Waals surface area contributed by atoms with Crippen molar-refractivity contribution in [2.24, 2.45) is 17.3 Å². The first-order valence-corrected chi connectivity index (χ1v) is 16.9. The van der Waals surface area contributed by atoms with Crippen LogP contribution in [0.25, 0.3) is 0 Å². The maximum atomic E-state index is 13.1. The number of amides is 1. The van der Waals surface area contributed by atoms with E-state index in [-0.39, 0.29) is 28.5 Å². The molecule has 1 heterocycles. The van der Waals surface area contributed by atoms with E-state index < -0.39 is 37.0 Å². The van der Waals surface area contributed by atoms with Gasteiger partial charge in [0.25, 0.3) is 21.6 Å².